The number of para-hydroxylation sites is 1. The summed E-state index contributed by atoms with van der Waals surface area (Å²) in [6.07, 6.45) is 4.46. The predicted octanol–water partition coefficient (Wildman–Crippen LogP) is 2.63. The van der Waals surface area contributed by atoms with Crippen molar-refractivity contribution in [2.24, 2.45) is 5.73 Å². The molecule has 0 saturated heterocycles. The maximum atomic E-state index is 5.75. The molecule has 0 fully saturated rings. The lowest BCUT2D eigenvalue weighted by Crippen LogP contribution is -2.10. The highest BCUT2D eigenvalue weighted by Crippen LogP contribution is 2.23. The summed E-state index contributed by atoms with van der Waals surface area (Å²) in [7, 11) is 0. The van der Waals surface area contributed by atoms with Gasteiger partial charge in [0.25, 0.3) is 0 Å². The summed E-state index contributed by atoms with van der Waals surface area (Å²) in [5, 5.41) is 9.07. The molecule has 108 valence electrons. The summed E-state index contributed by atoms with van der Waals surface area (Å²) >= 11 is 3.44. The second-order valence-corrected chi connectivity index (χ2v) is 5.69. The van der Waals surface area contributed by atoms with E-state index in [0.29, 0.717) is 6.54 Å². The van der Waals surface area contributed by atoms with Crippen LogP contribution in [0.2, 0.25) is 0 Å². The van der Waals surface area contributed by atoms with Gasteiger partial charge in [-0.2, -0.15) is 10.2 Å². The molecule has 1 aromatic carbocycles. The van der Waals surface area contributed by atoms with Crippen LogP contribution < -0.4 is 5.73 Å². The minimum atomic E-state index is 0.580. The predicted molar refractivity (Wildman–Crippen MR) is 85.9 cm³/mol. The van der Waals surface area contributed by atoms with E-state index < -0.39 is 0 Å². The third-order valence-corrected chi connectivity index (χ3v) is 3.73. The minimum absolute atomic E-state index is 0.580. The van der Waals surface area contributed by atoms with Gasteiger partial charge in [-0.25, -0.2) is 9.36 Å². The van der Waals surface area contributed by atoms with Gasteiger partial charge < -0.3 is 5.73 Å². The molecule has 2 N–H and O–H groups in total. The van der Waals surface area contributed by atoms with Crippen molar-refractivity contribution in [2.45, 2.75) is 13.3 Å². The Hall–Kier alpha value is -1.92. The van der Waals surface area contributed by atoms with Gasteiger partial charge in [0.05, 0.1) is 22.1 Å². The number of nitrogens with two attached hydrogens (primary N) is 1. The van der Waals surface area contributed by atoms with E-state index in [1.807, 2.05) is 52.8 Å². The Bertz CT molecular complexity index is 745. The van der Waals surface area contributed by atoms with E-state index >= 15 is 0 Å². The first-order chi connectivity index (χ1) is 10.2. The number of aryl methyl sites for hydroxylation is 1. The smallest absolute Gasteiger partial charge is 0.160 e. The van der Waals surface area contributed by atoms with Crippen LogP contribution in [0.1, 0.15) is 11.3 Å². The van der Waals surface area contributed by atoms with E-state index in [-0.39, 0.29) is 0 Å². The lowest BCUT2D eigenvalue weighted by atomic mass is 10.2. The molecule has 2 heterocycles. The third-order valence-electron chi connectivity index (χ3n) is 3.32. The topological polar surface area (TPSA) is 61.7 Å². The van der Waals surface area contributed by atoms with Crippen molar-refractivity contribution < 1.29 is 0 Å². The van der Waals surface area contributed by atoms with Gasteiger partial charge in [0.15, 0.2) is 5.82 Å². The molecule has 6 heteroatoms. The second-order valence-electron chi connectivity index (χ2n) is 4.78. The minimum Gasteiger partial charge on any atom is -0.330 e. The van der Waals surface area contributed by atoms with Gasteiger partial charge in [-0.05, 0) is 48.0 Å². The molecule has 0 aliphatic carbocycles. The Morgan fingerprint density at radius 3 is 2.62 bits per heavy atom. The number of aromatic nitrogens is 4. The first-order valence-electron chi connectivity index (χ1n) is 6.75. The molecule has 2 aromatic heterocycles. The summed E-state index contributed by atoms with van der Waals surface area (Å²) in [4.78, 5) is 0. The monoisotopic (exact) mass is 345 g/mol. The molecule has 5 nitrogen and oxygen atoms in total. The summed E-state index contributed by atoms with van der Waals surface area (Å²) in [6.45, 7) is 2.59. The molecule has 0 aliphatic rings. The lowest BCUT2D eigenvalue weighted by molar-refractivity contribution is 0.755. The van der Waals surface area contributed by atoms with Gasteiger partial charge in [0.2, 0.25) is 0 Å². The number of hydrogen-bond acceptors (Lipinski definition) is 3. The molecular formula is C15H16BrN5. The van der Waals surface area contributed by atoms with Crippen molar-refractivity contribution in [1.82, 2.24) is 19.6 Å². The molecule has 0 amide bonds. The Kier molecular flexibility index (Phi) is 3.90. The molecule has 0 radical (unpaired) electrons. The van der Waals surface area contributed by atoms with Crippen LogP contribution in [0.5, 0.6) is 0 Å². The fourth-order valence-corrected chi connectivity index (χ4v) is 2.67. The van der Waals surface area contributed by atoms with Crippen LogP contribution >= 0.6 is 15.9 Å². The Labute approximate surface area is 131 Å². The number of nitrogens with zero attached hydrogens (tertiary/aromatic N) is 4. The van der Waals surface area contributed by atoms with Gasteiger partial charge in [-0.3, -0.25) is 0 Å². The number of halogens is 1. The van der Waals surface area contributed by atoms with Crippen LogP contribution in [0.3, 0.4) is 0 Å². The molecular weight excluding hydrogens is 330 g/mol. The normalized spacial score (nSPS) is 11.0. The van der Waals surface area contributed by atoms with E-state index in [2.05, 4.69) is 26.1 Å². The highest BCUT2D eigenvalue weighted by Gasteiger charge is 2.18. The summed E-state index contributed by atoms with van der Waals surface area (Å²) in [5.41, 5.74) is 8.86. The van der Waals surface area contributed by atoms with Crippen molar-refractivity contribution >= 4 is 15.9 Å². The van der Waals surface area contributed by atoms with E-state index in [1.54, 1.807) is 6.20 Å². The van der Waals surface area contributed by atoms with Crippen LogP contribution in [0, 0.1) is 6.92 Å². The largest absolute Gasteiger partial charge is 0.330 e. The lowest BCUT2D eigenvalue weighted by Gasteiger charge is -2.09. The average molecular weight is 346 g/mol. The quantitative estimate of drug-likeness (QED) is 0.790. The van der Waals surface area contributed by atoms with E-state index in [9.17, 15) is 0 Å². The molecule has 3 rings (SSSR count). The van der Waals surface area contributed by atoms with E-state index in [4.69, 9.17) is 5.73 Å². The highest BCUT2D eigenvalue weighted by atomic mass is 79.9. The molecule has 0 unspecified atom stereocenters. The molecule has 0 bridgehead atoms. The Balaban J connectivity index is 2.23. The number of rotatable bonds is 4. The Morgan fingerprint density at radius 2 is 2.00 bits per heavy atom. The first kappa shape index (κ1) is 14.0. The van der Waals surface area contributed by atoms with Crippen LogP contribution in [0.25, 0.3) is 11.5 Å². The third kappa shape index (κ3) is 2.64. The highest BCUT2D eigenvalue weighted by molar-refractivity contribution is 9.10. The summed E-state index contributed by atoms with van der Waals surface area (Å²) < 4.78 is 4.68. The van der Waals surface area contributed by atoms with Gasteiger partial charge in [-0.1, -0.05) is 18.2 Å². The van der Waals surface area contributed by atoms with Gasteiger partial charge in [0.1, 0.15) is 0 Å². The molecule has 21 heavy (non-hydrogen) atoms. The standard InChI is InChI=1S/C15H16BrN5/c1-11-14(7-8-17)15(20-10-12(16)9-18-20)21(19-11)13-5-3-2-4-6-13/h2-6,9-10H,7-8,17H2,1H3. The van der Waals surface area contributed by atoms with Crippen molar-refractivity contribution in [3.05, 3.63) is 58.5 Å². The molecule has 0 aliphatic heterocycles. The van der Waals surface area contributed by atoms with Crippen molar-refractivity contribution in [3.63, 3.8) is 0 Å². The van der Waals surface area contributed by atoms with Crippen LogP contribution in [-0.2, 0) is 6.42 Å². The van der Waals surface area contributed by atoms with Crippen LogP contribution in [-0.4, -0.2) is 26.1 Å². The van der Waals surface area contributed by atoms with E-state index in [1.165, 1.54) is 0 Å². The zero-order chi connectivity index (χ0) is 14.8. The number of hydrogen-bond donors (Lipinski definition) is 1. The SMILES string of the molecule is Cc1nn(-c2ccccc2)c(-n2cc(Br)cn2)c1CCN. The molecule has 0 atom stereocenters. The number of benzene rings is 1. The van der Waals surface area contributed by atoms with Crippen LogP contribution in [0.15, 0.2) is 47.2 Å². The summed E-state index contributed by atoms with van der Waals surface area (Å²) in [6, 6.07) is 10.0. The zero-order valence-electron chi connectivity index (χ0n) is 11.7. The van der Waals surface area contributed by atoms with Gasteiger partial charge >= 0.3 is 0 Å². The maximum absolute atomic E-state index is 5.75. The van der Waals surface area contributed by atoms with Crippen molar-refractivity contribution in [1.29, 1.82) is 0 Å². The van der Waals surface area contributed by atoms with Gasteiger partial charge in [-0.15, -0.1) is 0 Å². The summed E-state index contributed by atoms with van der Waals surface area (Å²) in [5.74, 6) is 0.940. The molecule has 0 spiro atoms. The first-order valence-corrected chi connectivity index (χ1v) is 7.54. The molecule has 0 saturated carbocycles. The molecule has 3 aromatic rings. The van der Waals surface area contributed by atoms with Crippen molar-refractivity contribution in [2.75, 3.05) is 6.54 Å². The fraction of sp³-hybridized carbons (Fsp3) is 0.200. The Morgan fingerprint density at radius 1 is 1.24 bits per heavy atom. The average Bonchev–Trinajstić information content (AvgIpc) is 3.05. The zero-order valence-corrected chi connectivity index (χ0v) is 13.3. The van der Waals surface area contributed by atoms with E-state index in [0.717, 1.165) is 33.7 Å². The fourth-order valence-electron chi connectivity index (χ4n) is 2.39. The van der Waals surface area contributed by atoms with Gasteiger partial charge in [0, 0.05) is 11.8 Å². The van der Waals surface area contributed by atoms with Crippen molar-refractivity contribution in [3.8, 4) is 11.5 Å². The van der Waals surface area contributed by atoms with Crippen LogP contribution in [0.4, 0.5) is 0 Å². The maximum Gasteiger partial charge on any atom is 0.160 e. The second kappa shape index (κ2) is 5.83.